The first kappa shape index (κ1) is 17.0. The topological polar surface area (TPSA) is 24.9 Å². The largest absolute Gasteiger partial charge is 0.358 e. The second kappa shape index (κ2) is 8.33. The highest BCUT2D eigenvalue weighted by atomic mass is 14.9. The first-order valence-corrected chi connectivity index (χ1v) is 9.29. The smallest absolute Gasteiger partial charge is 0.0382 e. The molecule has 2 aromatic carbocycles. The molecule has 1 aliphatic carbocycles. The molecule has 132 valence electrons. The van der Waals surface area contributed by atoms with E-state index in [1.54, 1.807) is 6.20 Å². The summed E-state index contributed by atoms with van der Waals surface area (Å²) >= 11 is 0. The van der Waals surface area contributed by atoms with E-state index < -0.39 is 0 Å². The molecule has 0 amide bonds. The first-order chi connectivity index (χ1) is 13.4. The third kappa shape index (κ3) is 4.24. The predicted molar refractivity (Wildman–Crippen MR) is 114 cm³/mol. The van der Waals surface area contributed by atoms with Crippen molar-refractivity contribution in [2.75, 3.05) is 5.32 Å². The molecule has 1 N–H and O–H groups in total. The number of pyridine rings is 1. The summed E-state index contributed by atoms with van der Waals surface area (Å²) in [7, 11) is 0. The number of aromatic nitrogens is 1. The molecule has 3 aromatic rings. The minimum Gasteiger partial charge on any atom is -0.358 e. The Bertz CT molecular complexity index is 966. The van der Waals surface area contributed by atoms with Gasteiger partial charge < -0.3 is 5.32 Å². The molecule has 1 aromatic heterocycles. The molecule has 0 fully saturated rings. The lowest BCUT2D eigenvalue weighted by Gasteiger charge is -2.17. The molecule has 4 rings (SSSR count). The highest BCUT2D eigenvalue weighted by molar-refractivity contribution is 5.80. The lowest BCUT2D eigenvalue weighted by Crippen LogP contribution is -2.03. The molecular weight excluding hydrogens is 328 g/mol. The first-order valence-electron chi connectivity index (χ1n) is 9.29. The van der Waals surface area contributed by atoms with E-state index in [4.69, 9.17) is 0 Å². The van der Waals surface area contributed by atoms with Crippen LogP contribution in [0.1, 0.15) is 18.4 Å². The van der Waals surface area contributed by atoms with Gasteiger partial charge in [0.25, 0.3) is 0 Å². The maximum absolute atomic E-state index is 4.20. The van der Waals surface area contributed by atoms with Gasteiger partial charge >= 0.3 is 0 Å². The number of hydrogen-bond acceptors (Lipinski definition) is 2. The monoisotopic (exact) mass is 350 g/mol. The quantitative estimate of drug-likeness (QED) is 0.582. The molecule has 1 aliphatic rings. The highest BCUT2D eigenvalue weighted by Crippen LogP contribution is 2.27. The van der Waals surface area contributed by atoms with Crippen LogP contribution in [0.25, 0.3) is 16.7 Å². The van der Waals surface area contributed by atoms with E-state index in [9.17, 15) is 0 Å². The molecule has 0 radical (unpaired) electrons. The van der Waals surface area contributed by atoms with E-state index in [-0.39, 0.29) is 0 Å². The molecule has 2 heteroatoms. The van der Waals surface area contributed by atoms with Gasteiger partial charge in [0.2, 0.25) is 0 Å². The van der Waals surface area contributed by atoms with Crippen molar-refractivity contribution in [2.45, 2.75) is 12.8 Å². The number of allylic oxidation sites excluding steroid dienone is 6. The van der Waals surface area contributed by atoms with Crippen molar-refractivity contribution < 1.29 is 0 Å². The molecule has 27 heavy (non-hydrogen) atoms. The number of rotatable bonds is 4. The summed E-state index contributed by atoms with van der Waals surface area (Å²) in [5.41, 5.74) is 7.13. The molecule has 0 unspecified atom stereocenters. The Labute approximate surface area is 160 Å². The second-order valence-electron chi connectivity index (χ2n) is 6.53. The number of nitrogens with zero attached hydrogens (tertiary/aromatic N) is 1. The average molecular weight is 350 g/mol. The third-order valence-corrected chi connectivity index (χ3v) is 4.66. The van der Waals surface area contributed by atoms with Crippen LogP contribution in [0.2, 0.25) is 0 Å². The van der Waals surface area contributed by atoms with Gasteiger partial charge in [0, 0.05) is 29.4 Å². The van der Waals surface area contributed by atoms with Gasteiger partial charge in [0.15, 0.2) is 0 Å². The van der Waals surface area contributed by atoms with Crippen molar-refractivity contribution >= 4 is 11.3 Å². The zero-order valence-corrected chi connectivity index (χ0v) is 15.2. The van der Waals surface area contributed by atoms with Crippen molar-refractivity contribution in [3.05, 3.63) is 115 Å². The fourth-order valence-corrected chi connectivity index (χ4v) is 3.26. The molecule has 0 spiro atoms. The normalized spacial score (nSPS) is 16.6. The average Bonchev–Trinajstić information content (AvgIpc) is 2.72. The van der Waals surface area contributed by atoms with Crippen LogP contribution in [0.5, 0.6) is 0 Å². The molecule has 0 aliphatic heterocycles. The predicted octanol–water partition coefficient (Wildman–Crippen LogP) is 6.48. The van der Waals surface area contributed by atoms with Crippen LogP contribution >= 0.6 is 0 Å². The summed E-state index contributed by atoms with van der Waals surface area (Å²) in [5, 5.41) is 3.65. The van der Waals surface area contributed by atoms with Gasteiger partial charge in [-0.15, -0.1) is 0 Å². The fourth-order valence-electron chi connectivity index (χ4n) is 3.26. The summed E-state index contributed by atoms with van der Waals surface area (Å²) in [4.78, 5) is 4.20. The van der Waals surface area contributed by atoms with E-state index in [0.717, 1.165) is 24.1 Å². The van der Waals surface area contributed by atoms with Crippen LogP contribution in [-0.4, -0.2) is 4.98 Å². The SMILES string of the molecule is C1=CCC/C(Nc2ccc(-c3cccnc3)cc2)=C(/c2ccccc2)C=C1. The Morgan fingerprint density at radius 3 is 2.33 bits per heavy atom. The fraction of sp³-hybridized carbons (Fsp3) is 0.0800. The lowest BCUT2D eigenvalue weighted by molar-refractivity contribution is 0.984. The van der Waals surface area contributed by atoms with Gasteiger partial charge in [0.1, 0.15) is 0 Å². The minimum absolute atomic E-state index is 0.982. The van der Waals surface area contributed by atoms with Crippen LogP contribution in [0, 0.1) is 0 Å². The van der Waals surface area contributed by atoms with E-state index >= 15 is 0 Å². The van der Waals surface area contributed by atoms with Gasteiger partial charge in [-0.05, 0) is 47.7 Å². The number of hydrogen-bond donors (Lipinski definition) is 1. The Morgan fingerprint density at radius 2 is 1.56 bits per heavy atom. The van der Waals surface area contributed by atoms with E-state index in [1.807, 2.05) is 12.3 Å². The van der Waals surface area contributed by atoms with Crippen molar-refractivity contribution in [1.82, 2.24) is 4.98 Å². The summed E-state index contributed by atoms with van der Waals surface area (Å²) in [5.74, 6) is 0. The van der Waals surface area contributed by atoms with Gasteiger partial charge in [-0.25, -0.2) is 0 Å². The Kier molecular flexibility index (Phi) is 5.26. The van der Waals surface area contributed by atoms with Crippen LogP contribution in [-0.2, 0) is 0 Å². The van der Waals surface area contributed by atoms with Crippen molar-refractivity contribution in [3.63, 3.8) is 0 Å². The van der Waals surface area contributed by atoms with E-state index in [1.165, 1.54) is 22.4 Å². The maximum atomic E-state index is 4.20. The van der Waals surface area contributed by atoms with Crippen LogP contribution in [0.15, 0.2) is 109 Å². The second-order valence-corrected chi connectivity index (χ2v) is 6.53. The number of nitrogens with one attached hydrogen (secondary N) is 1. The number of anilines is 1. The molecule has 0 atom stereocenters. The van der Waals surface area contributed by atoms with Gasteiger partial charge in [0.05, 0.1) is 0 Å². The molecule has 0 saturated heterocycles. The Balaban J connectivity index is 1.64. The summed E-state index contributed by atoms with van der Waals surface area (Å²) in [6.45, 7) is 0. The zero-order chi connectivity index (χ0) is 18.3. The summed E-state index contributed by atoms with van der Waals surface area (Å²) in [6.07, 6.45) is 14.4. The molecule has 2 nitrogen and oxygen atoms in total. The van der Waals surface area contributed by atoms with Gasteiger partial charge in [-0.3, -0.25) is 4.98 Å². The van der Waals surface area contributed by atoms with Gasteiger partial charge in [-0.2, -0.15) is 0 Å². The minimum atomic E-state index is 0.982. The Morgan fingerprint density at radius 1 is 0.741 bits per heavy atom. The third-order valence-electron chi connectivity index (χ3n) is 4.66. The zero-order valence-electron chi connectivity index (χ0n) is 15.2. The van der Waals surface area contributed by atoms with E-state index in [2.05, 4.69) is 95.3 Å². The van der Waals surface area contributed by atoms with Crippen LogP contribution in [0.3, 0.4) is 0 Å². The highest BCUT2D eigenvalue weighted by Gasteiger charge is 2.09. The molecule has 1 heterocycles. The summed E-state index contributed by atoms with van der Waals surface area (Å²) < 4.78 is 0. The maximum Gasteiger partial charge on any atom is 0.0382 e. The van der Waals surface area contributed by atoms with Crippen LogP contribution < -0.4 is 5.32 Å². The number of benzene rings is 2. The van der Waals surface area contributed by atoms with Crippen molar-refractivity contribution in [2.24, 2.45) is 0 Å². The Hall–Kier alpha value is -3.39. The van der Waals surface area contributed by atoms with Crippen LogP contribution in [0.4, 0.5) is 5.69 Å². The molecule has 0 saturated carbocycles. The molecular formula is C25H22N2. The lowest BCUT2D eigenvalue weighted by atomic mass is 9.98. The molecule has 0 bridgehead atoms. The summed E-state index contributed by atoms with van der Waals surface area (Å²) in [6, 6.07) is 23.2. The van der Waals surface area contributed by atoms with Crippen molar-refractivity contribution in [1.29, 1.82) is 0 Å². The van der Waals surface area contributed by atoms with Crippen molar-refractivity contribution in [3.8, 4) is 11.1 Å². The van der Waals surface area contributed by atoms with E-state index in [0.29, 0.717) is 0 Å². The standard InChI is InChI=1S/C25H22N2/c1-2-7-13-25(24(12-6-1)21-9-4-3-5-10-21)27-23-16-14-20(15-17-23)22-11-8-18-26-19-22/h1-6,8-12,14-19,27H,7,13H2/b2-1?,12-6?,25-24-. The van der Waals surface area contributed by atoms with Gasteiger partial charge in [-0.1, -0.05) is 72.8 Å².